The molecule has 0 aromatic heterocycles. The van der Waals surface area contributed by atoms with E-state index in [9.17, 15) is 22.6 Å². The molecule has 7 nitrogen and oxygen atoms in total. The second kappa shape index (κ2) is 9.11. The van der Waals surface area contributed by atoms with Crippen molar-refractivity contribution in [2.24, 2.45) is 0 Å². The van der Waals surface area contributed by atoms with E-state index in [0.29, 0.717) is 5.69 Å². The van der Waals surface area contributed by atoms with E-state index in [1.807, 2.05) is 0 Å². The number of carbonyl (C=O) groups excluding carboxylic acids is 2. The minimum Gasteiger partial charge on any atom is -0.748 e. The summed E-state index contributed by atoms with van der Waals surface area (Å²) < 4.78 is 37.8. The number of ether oxygens (including phenoxy) is 1. The smallest absolute Gasteiger partial charge is 0.306 e. The number of anilines is 1. The van der Waals surface area contributed by atoms with Crippen LogP contribution >= 0.6 is 47.8 Å². The standard InChI is InChI=1S/C12H12Br3NO6S/c13-8-5-7(6-9(14)12(8)15)16-10(17)1-2-11(18)22-3-4-23(19,20)21/h5-6H,1-4H2,(H,16,17)(H,19,20,21)/p-1. The van der Waals surface area contributed by atoms with Crippen molar-refractivity contribution >= 4 is 75.5 Å². The quantitative estimate of drug-likeness (QED) is 0.326. The van der Waals surface area contributed by atoms with E-state index in [1.165, 1.54) is 0 Å². The van der Waals surface area contributed by atoms with Crippen molar-refractivity contribution < 1.29 is 27.3 Å². The van der Waals surface area contributed by atoms with Crippen molar-refractivity contribution in [3.8, 4) is 0 Å². The fourth-order valence-corrected chi connectivity index (χ4v) is 3.10. The van der Waals surface area contributed by atoms with Gasteiger partial charge in [0.25, 0.3) is 0 Å². The van der Waals surface area contributed by atoms with Gasteiger partial charge in [-0.05, 0) is 59.9 Å². The van der Waals surface area contributed by atoms with E-state index in [2.05, 4.69) is 57.8 Å². The first-order chi connectivity index (χ1) is 10.6. The largest absolute Gasteiger partial charge is 0.748 e. The number of hydrogen-bond acceptors (Lipinski definition) is 6. The summed E-state index contributed by atoms with van der Waals surface area (Å²) in [6.07, 6.45) is -0.349. The first-order valence-electron chi connectivity index (χ1n) is 6.12. The van der Waals surface area contributed by atoms with Crippen LogP contribution in [0.25, 0.3) is 0 Å². The Hall–Kier alpha value is -0.490. The molecule has 0 bridgehead atoms. The van der Waals surface area contributed by atoms with E-state index in [-0.39, 0.29) is 12.8 Å². The predicted molar refractivity (Wildman–Crippen MR) is 92.9 cm³/mol. The van der Waals surface area contributed by atoms with Crippen LogP contribution in [0.1, 0.15) is 12.8 Å². The lowest BCUT2D eigenvalue weighted by Gasteiger charge is -2.09. The molecule has 0 saturated carbocycles. The Morgan fingerprint density at radius 1 is 1.13 bits per heavy atom. The van der Waals surface area contributed by atoms with Crippen molar-refractivity contribution in [3.63, 3.8) is 0 Å². The molecule has 11 heteroatoms. The maximum Gasteiger partial charge on any atom is 0.306 e. The van der Waals surface area contributed by atoms with Gasteiger partial charge in [-0.2, -0.15) is 0 Å². The summed E-state index contributed by atoms with van der Waals surface area (Å²) in [6, 6.07) is 3.37. The number of benzene rings is 1. The van der Waals surface area contributed by atoms with Gasteiger partial charge >= 0.3 is 5.97 Å². The van der Waals surface area contributed by atoms with Crippen molar-refractivity contribution in [3.05, 3.63) is 25.6 Å². The lowest BCUT2D eigenvalue weighted by Crippen LogP contribution is -2.17. The van der Waals surface area contributed by atoms with Crippen LogP contribution in [0, 0.1) is 0 Å². The number of rotatable bonds is 7. The Morgan fingerprint density at radius 3 is 2.22 bits per heavy atom. The summed E-state index contributed by atoms with van der Waals surface area (Å²) in [4.78, 5) is 23.1. The van der Waals surface area contributed by atoms with E-state index in [0.717, 1.165) is 13.4 Å². The minimum absolute atomic E-state index is 0.131. The molecule has 0 atom stereocenters. The van der Waals surface area contributed by atoms with Gasteiger partial charge < -0.3 is 14.6 Å². The molecule has 128 valence electrons. The molecule has 0 spiro atoms. The molecule has 0 unspecified atom stereocenters. The summed E-state index contributed by atoms with van der Waals surface area (Å²) in [5, 5.41) is 2.61. The molecule has 23 heavy (non-hydrogen) atoms. The summed E-state index contributed by atoms with van der Waals surface area (Å²) >= 11 is 9.97. The predicted octanol–water partition coefficient (Wildman–Crippen LogP) is 2.78. The molecule has 1 N–H and O–H groups in total. The monoisotopic (exact) mass is 534 g/mol. The van der Waals surface area contributed by atoms with Crippen LogP contribution in [0.2, 0.25) is 0 Å². The fraction of sp³-hybridized carbons (Fsp3) is 0.333. The molecular weight excluding hydrogens is 526 g/mol. The van der Waals surface area contributed by atoms with Gasteiger partial charge in [-0.15, -0.1) is 0 Å². The van der Waals surface area contributed by atoms with Crippen molar-refractivity contribution in [1.29, 1.82) is 0 Å². The van der Waals surface area contributed by atoms with Gasteiger partial charge in [0.15, 0.2) is 0 Å². The average molecular weight is 537 g/mol. The van der Waals surface area contributed by atoms with Crippen LogP contribution in [-0.2, 0) is 24.4 Å². The van der Waals surface area contributed by atoms with Crippen LogP contribution in [0.4, 0.5) is 5.69 Å². The number of hydrogen-bond donors (Lipinski definition) is 1. The Labute approximate surface area is 158 Å². The summed E-state index contributed by atoms with van der Waals surface area (Å²) in [7, 11) is -4.42. The van der Waals surface area contributed by atoms with Gasteiger partial charge in [0, 0.05) is 25.5 Å². The van der Waals surface area contributed by atoms with Crippen molar-refractivity contribution in [1.82, 2.24) is 0 Å². The molecule has 0 heterocycles. The van der Waals surface area contributed by atoms with Crippen molar-refractivity contribution in [2.75, 3.05) is 17.7 Å². The van der Waals surface area contributed by atoms with Crippen molar-refractivity contribution in [2.45, 2.75) is 12.8 Å². The molecule has 1 rings (SSSR count). The first-order valence-corrected chi connectivity index (χ1v) is 10.1. The first kappa shape index (κ1) is 20.6. The number of esters is 1. The van der Waals surface area contributed by atoms with Gasteiger partial charge in [-0.3, -0.25) is 9.59 Å². The third-order valence-electron chi connectivity index (χ3n) is 2.42. The topological polar surface area (TPSA) is 113 Å². The molecule has 0 fully saturated rings. The van der Waals surface area contributed by atoms with E-state index in [1.54, 1.807) is 12.1 Å². The minimum atomic E-state index is -4.42. The molecular formula is C12H11Br3NO6S-. The zero-order valence-corrected chi connectivity index (χ0v) is 17.0. The van der Waals surface area contributed by atoms with E-state index in [4.69, 9.17) is 0 Å². The lowest BCUT2D eigenvalue weighted by atomic mass is 10.2. The van der Waals surface area contributed by atoms with E-state index < -0.39 is 34.4 Å². The highest BCUT2D eigenvalue weighted by molar-refractivity contribution is 9.14. The number of halogens is 3. The van der Waals surface area contributed by atoms with E-state index >= 15 is 0 Å². The maximum atomic E-state index is 11.8. The van der Waals surface area contributed by atoms with Crippen LogP contribution in [0.3, 0.4) is 0 Å². The molecule has 1 aromatic rings. The van der Waals surface area contributed by atoms with Gasteiger partial charge in [0.05, 0.1) is 22.3 Å². The highest BCUT2D eigenvalue weighted by atomic mass is 79.9. The Bertz CT molecular complexity index is 684. The SMILES string of the molecule is O=C(CCC(=O)OCCS(=O)(=O)[O-])Nc1cc(Br)c(Br)c(Br)c1. The van der Waals surface area contributed by atoms with Gasteiger partial charge in [-0.25, -0.2) is 8.42 Å². The number of amides is 1. The highest BCUT2D eigenvalue weighted by Gasteiger charge is 2.11. The third-order valence-corrected chi connectivity index (χ3v) is 6.26. The molecule has 0 aliphatic rings. The third kappa shape index (κ3) is 8.25. The molecule has 1 amide bonds. The maximum absolute atomic E-state index is 11.8. The van der Waals surface area contributed by atoms with Gasteiger partial charge in [0.2, 0.25) is 5.91 Å². The second-order valence-electron chi connectivity index (χ2n) is 4.28. The number of carbonyl (C=O) groups is 2. The molecule has 0 saturated heterocycles. The molecule has 1 aromatic carbocycles. The second-order valence-corrected chi connectivity index (χ2v) is 8.31. The summed E-state index contributed by atoms with van der Waals surface area (Å²) in [5.74, 6) is -1.94. The zero-order valence-electron chi connectivity index (χ0n) is 11.5. The Kier molecular flexibility index (Phi) is 8.14. The average Bonchev–Trinajstić information content (AvgIpc) is 2.41. The fourth-order valence-electron chi connectivity index (χ4n) is 1.40. The Balaban J connectivity index is 2.41. The molecule has 0 aliphatic heterocycles. The van der Waals surface area contributed by atoms with Gasteiger partial charge in [-0.1, -0.05) is 0 Å². The zero-order chi connectivity index (χ0) is 17.6. The Morgan fingerprint density at radius 2 is 1.70 bits per heavy atom. The van der Waals surface area contributed by atoms with Crippen LogP contribution in [0.15, 0.2) is 25.6 Å². The van der Waals surface area contributed by atoms with Crippen LogP contribution < -0.4 is 5.32 Å². The van der Waals surface area contributed by atoms with Gasteiger partial charge in [0.1, 0.15) is 6.61 Å². The lowest BCUT2D eigenvalue weighted by molar-refractivity contribution is -0.144. The van der Waals surface area contributed by atoms with Crippen LogP contribution in [0.5, 0.6) is 0 Å². The highest BCUT2D eigenvalue weighted by Crippen LogP contribution is 2.34. The molecule has 0 radical (unpaired) electrons. The number of nitrogens with one attached hydrogen (secondary N) is 1. The van der Waals surface area contributed by atoms with Crippen LogP contribution in [-0.4, -0.2) is 37.2 Å². The molecule has 0 aliphatic carbocycles. The normalized spacial score (nSPS) is 11.1. The summed E-state index contributed by atoms with van der Waals surface area (Å²) in [6.45, 7) is -0.515. The summed E-state index contributed by atoms with van der Waals surface area (Å²) in [5.41, 5.74) is 0.530.